The lowest BCUT2D eigenvalue weighted by Gasteiger charge is -2.15. The van der Waals surface area contributed by atoms with E-state index in [0.29, 0.717) is 0 Å². The Balaban J connectivity index is 2.40. The van der Waals surface area contributed by atoms with Crippen LogP contribution in [0.3, 0.4) is 0 Å². The van der Waals surface area contributed by atoms with Crippen LogP contribution < -0.4 is 5.32 Å². The number of hydrogen-bond acceptors (Lipinski definition) is 2. The van der Waals surface area contributed by atoms with E-state index >= 15 is 0 Å². The van der Waals surface area contributed by atoms with Crippen molar-refractivity contribution < 1.29 is 5.11 Å². The lowest BCUT2D eigenvalue weighted by molar-refractivity contribution is 0.245. The average Bonchev–Trinajstić information content (AvgIpc) is 2.28. The van der Waals surface area contributed by atoms with Crippen LogP contribution in [0.1, 0.15) is 19.4 Å². The molecule has 0 amide bonds. The van der Waals surface area contributed by atoms with E-state index in [4.69, 9.17) is 0 Å². The second-order valence-electron chi connectivity index (χ2n) is 4.26. The van der Waals surface area contributed by atoms with Gasteiger partial charge in [-0.3, -0.25) is 0 Å². The standard InChI is InChI=1S/C14H21NO/c1-12(2)8-9-15-14(11-16)10-13-6-4-3-5-7-13/h3-8,14-16H,9-11H2,1-2H3. The van der Waals surface area contributed by atoms with Gasteiger partial charge in [0.1, 0.15) is 0 Å². The molecule has 1 unspecified atom stereocenters. The van der Waals surface area contributed by atoms with Crippen molar-refractivity contribution >= 4 is 0 Å². The van der Waals surface area contributed by atoms with Crippen LogP contribution in [-0.2, 0) is 6.42 Å². The van der Waals surface area contributed by atoms with Gasteiger partial charge in [0, 0.05) is 12.6 Å². The molecule has 0 bridgehead atoms. The van der Waals surface area contributed by atoms with Crippen LogP contribution in [0.5, 0.6) is 0 Å². The van der Waals surface area contributed by atoms with Gasteiger partial charge in [-0.25, -0.2) is 0 Å². The summed E-state index contributed by atoms with van der Waals surface area (Å²) in [6.45, 7) is 5.14. The minimum atomic E-state index is 0.137. The molecule has 0 aliphatic carbocycles. The summed E-state index contributed by atoms with van der Waals surface area (Å²) in [7, 11) is 0. The molecule has 0 saturated carbocycles. The molecule has 1 atom stereocenters. The van der Waals surface area contributed by atoms with E-state index in [-0.39, 0.29) is 12.6 Å². The van der Waals surface area contributed by atoms with E-state index in [1.165, 1.54) is 11.1 Å². The normalized spacial score (nSPS) is 12.2. The van der Waals surface area contributed by atoms with E-state index in [2.05, 4.69) is 37.4 Å². The summed E-state index contributed by atoms with van der Waals surface area (Å²) in [5.74, 6) is 0. The van der Waals surface area contributed by atoms with Gasteiger partial charge in [-0.05, 0) is 25.8 Å². The van der Waals surface area contributed by atoms with Gasteiger partial charge in [0.15, 0.2) is 0 Å². The Labute approximate surface area is 98.0 Å². The van der Waals surface area contributed by atoms with Crippen molar-refractivity contribution in [2.24, 2.45) is 0 Å². The lowest BCUT2D eigenvalue weighted by atomic mass is 10.1. The van der Waals surface area contributed by atoms with Crippen LogP contribution >= 0.6 is 0 Å². The summed E-state index contributed by atoms with van der Waals surface area (Å²) < 4.78 is 0. The third-order valence-corrected chi connectivity index (χ3v) is 2.46. The first-order valence-electron chi connectivity index (χ1n) is 5.74. The summed E-state index contributed by atoms with van der Waals surface area (Å²) >= 11 is 0. The number of benzene rings is 1. The fraction of sp³-hybridized carbons (Fsp3) is 0.429. The van der Waals surface area contributed by atoms with Crippen molar-refractivity contribution in [1.29, 1.82) is 0 Å². The van der Waals surface area contributed by atoms with Gasteiger partial charge in [0.25, 0.3) is 0 Å². The molecule has 0 saturated heterocycles. The number of nitrogens with one attached hydrogen (secondary N) is 1. The van der Waals surface area contributed by atoms with E-state index in [9.17, 15) is 5.11 Å². The maximum Gasteiger partial charge on any atom is 0.0587 e. The van der Waals surface area contributed by atoms with Crippen LogP contribution in [0.4, 0.5) is 0 Å². The van der Waals surface area contributed by atoms with Crippen LogP contribution in [-0.4, -0.2) is 24.3 Å². The highest BCUT2D eigenvalue weighted by molar-refractivity contribution is 5.16. The summed E-state index contributed by atoms with van der Waals surface area (Å²) in [5.41, 5.74) is 2.55. The molecule has 2 nitrogen and oxygen atoms in total. The molecular weight excluding hydrogens is 198 g/mol. The third-order valence-electron chi connectivity index (χ3n) is 2.46. The molecule has 1 rings (SSSR count). The zero-order valence-corrected chi connectivity index (χ0v) is 10.1. The van der Waals surface area contributed by atoms with Crippen molar-refractivity contribution in [3.8, 4) is 0 Å². The van der Waals surface area contributed by atoms with Crippen molar-refractivity contribution in [1.82, 2.24) is 5.32 Å². The van der Waals surface area contributed by atoms with Gasteiger partial charge in [0.2, 0.25) is 0 Å². The molecule has 0 aromatic heterocycles. The predicted molar refractivity (Wildman–Crippen MR) is 68.5 cm³/mol. The molecular formula is C14H21NO. The highest BCUT2D eigenvalue weighted by Gasteiger charge is 2.06. The molecule has 2 N–H and O–H groups in total. The first-order valence-corrected chi connectivity index (χ1v) is 5.74. The van der Waals surface area contributed by atoms with Gasteiger partial charge >= 0.3 is 0 Å². The SMILES string of the molecule is CC(C)=CCNC(CO)Cc1ccccc1. The van der Waals surface area contributed by atoms with Crippen LogP contribution in [0.25, 0.3) is 0 Å². The van der Waals surface area contributed by atoms with Crippen molar-refractivity contribution in [2.75, 3.05) is 13.2 Å². The van der Waals surface area contributed by atoms with Gasteiger partial charge in [0.05, 0.1) is 6.61 Å². The maximum absolute atomic E-state index is 9.27. The van der Waals surface area contributed by atoms with Gasteiger partial charge < -0.3 is 10.4 Å². The van der Waals surface area contributed by atoms with Crippen molar-refractivity contribution in [3.63, 3.8) is 0 Å². The Kier molecular flexibility index (Phi) is 5.83. The van der Waals surface area contributed by atoms with Crippen LogP contribution in [0.15, 0.2) is 42.0 Å². The highest BCUT2D eigenvalue weighted by Crippen LogP contribution is 2.02. The van der Waals surface area contributed by atoms with Gasteiger partial charge in [-0.2, -0.15) is 0 Å². The third kappa shape index (κ3) is 5.10. The van der Waals surface area contributed by atoms with E-state index in [1.54, 1.807) is 0 Å². The minimum Gasteiger partial charge on any atom is -0.395 e. The lowest BCUT2D eigenvalue weighted by Crippen LogP contribution is -2.34. The predicted octanol–water partition coefficient (Wildman–Crippen LogP) is 2.15. The Morgan fingerprint density at radius 3 is 2.56 bits per heavy atom. The summed E-state index contributed by atoms with van der Waals surface area (Å²) in [6, 6.07) is 10.4. The Morgan fingerprint density at radius 2 is 2.00 bits per heavy atom. The van der Waals surface area contributed by atoms with E-state index in [0.717, 1.165) is 13.0 Å². The smallest absolute Gasteiger partial charge is 0.0587 e. The van der Waals surface area contributed by atoms with Crippen LogP contribution in [0, 0.1) is 0 Å². The maximum atomic E-state index is 9.27. The summed E-state index contributed by atoms with van der Waals surface area (Å²) in [6.07, 6.45) is 3.00. The molecule has 0 aliphatic rings. The van der Waals surface area contributed by atoms with Crippen molar-refractivity contribution in [2.45, 2.75) is 26.3 Å². The first kappa shape index (κ1) is 12.9. The Bertz CT molecular complexity index is 315. The molecule has 0 spiro atoms. The molecule has 0 aliphatic heterocycles. The number of aliphatic hydroxyl groups is 1. The Hall–Kier alpha value is -1.12. The largest absolute Gasteiger partial charge is 0.395 e. The quantitative estimate of drug-likeness (QED) is 0.718. The summed E-state index contributed by atoms with van der Waals surface area (Å²) in [5, 5.41) is 12.6. The molecule has 2 heteroatoms. The zero-order valence-electron chi connectivity index (χ0n) is 10.1. The highest BCUT2D eigenvalue weighted by atomic mass is 16.3. The molecule has 16 heavy (non-hydrogen) atoms. The number of aliphatic hydroxyl groups excluding tert-OH is 1. The molecule has 1 aromatic rings. The Morgan fingerprint density at radius 1 is 1.31 bits per heavy atom. The number of rotatable bonds is 6. The number of allylic oxidation sites excluding steroid dienone is 1. The average molecular weight is 219 g/mol. The second-order valence-corrected chi connectivity index (χ2v) is 4.26. The minimum absolute atomic E-state index is 0.137. The molecule has 0 radical (unpaired) electrons. The fourth-order valence-corrected chi connectivity index (χ4v) is 1.53. The molecule has 0 heterocycles. The van der Waals surface area contributed by atoms with Crippen LogP contribution in [0.2, 0.25) is 0 Å². The topological polar surface area (TPSA) is 32.3 Å². The molecule has 0 fully saturated rings. The molecule has 88 valence electrons. The monoisotopic (exact) mass is 219 g/mol. The van der Waals surface area contributed by atoms with Gasteiger partial charge in [-0.15, -0.1) is 0 Å². The van der Waals surface area contributed by atoms with E-state index < -0.39 is 0 Å². The summed E-state index contributed by atoms with van der Waals surface area (Å²) in [4.78, 5) is 0. The van der Waals surface area contributed by atoms with Gasteiger partial charge in [-0.1, -0.05) is 42.0 Å². The van der Waals surface area contributed by atoms with Crippen molar-refractivity contribution in [3.05, 3.63) is 47.5 Å². The zero-order chi connectivity index (χ0) is 11.8. The fourth-order valence-electron chi connectivity index (χ4n) is 1.53. The van der Waals surface area contributed by atoms with E-state index in [1.807, 2.05) is 18.2 Å². The first-order chi connectivity index (χ1) is 7.72. The second kappa shape index (κ2) is 7.20. The number of hydrogen-bond donors (Lipinski definition) is 2. The molecule has 1 aromatic carbocycles.